The number of fused-ring (bicyclic) bond motifs is 2. The molecule has 2 aromatic rings. The zero-order valence-corrected chi connectivity index (χ0v) is 16.1. The fourth-order valence-corrected chi connectivity index (χ4v) is 5.51. The third-order valence-corrected chi connectivity index (χ3v) is 6.67. The molecule has 0 radical (unpaired) electrons. The fraction of sp³-hybridized carbons (Fsp3) is 0.300. The lowest BCUT2D eigenvalue weighted by molar-refractivity contribution is -0.133. The van der Waals surface area contributed by atoms with Gasteiger partial charge in [-0.15, -0.1) is 0 Å². The number of rotatable bonds is 3. The molecule has 2 atom stereocenters. The zero-order valence-electron chi connectivity index (χ0n) is 15.3. The number of halogens is 2. The van der Waals surface area contributed by atoms with E-state index in [1.807, 2.05) is 24.3 Å². The normalized spacial score (nSPS) is 23.4. The van der Waals surface area contributed by atoms with Crippen LogP contribution in [0.2, 0.25) is 0 Å². The van der Waals surface area contributed by atoms with Crippen molar-refractivity contribution in [3.05, 3.63) is 65.2 Å². The molecule has 0 saturated heterocycles. The van der Waals surface area contributed by atoms with Crippen LogP contribution in [0.1, 0.15) is 24.5 Å². The van der Waals surface area contributed by atoms with Crippen molar-refractivity contribution < 1.29 is 13.6 Å². The Balaban J connectivity index is 1.89. The minimum Gasteiger partial charge on any atom is -0.384 e. The van der Waals surface area contributed by atoms with Gasteiger partial charge in [0.1, 0.15) is 21.5 Å². The van der Waals surface area contributed by atoms with E-state index in [2.05, 4.69) is 10.4 Å². The molecule has 0 aromatic heterocycles. The van der Waals surface area contributed by atoms with Gasteiger partial charge in [0.05, 0.1) is 0 Å². The third kappa shape index (κ3) is 2.87. The van der Waals surface area contributed by atoms with E-state index >= 15 is 0 Å². The Morgan fingerprint density at radius 2 is 2.14 bits per heavy atom. The van der Waals surface area contributed by atoms with Crippen molar-refractivity contribution in [1.82, 2.24) is 5.01 Å². The molecular weight excluding hydrogens is 382 g/mol. The second-order valence-corrected chi connectivity index (χ2v) is 8.07. The molecule has 0 aliphatic carbocycles. The molecule has 0 bridgehead atoms. The predicted octanol–water partition coefficient (Wildman–Crippen LogP) is 3.47. The number of hydrogen-bond acceptors (Lipinski definition) is 5. The monoisotopic (exact) mass is 402 g/mol. The van der Waals surface area contributed by atoms with Gasteiger partial charge < -0.3 is 11.1 Å². The van der Waals surface area contributed by atoms with Crippen molar-refractivity contribution in [2.75, 3.05) is 18.4 Å². The van der Waals surface area contributed by atoms with Crippen molar-refractivity contribution in [2.24, 2.45) is 16.8 Å². The Kier molecular flexibility index (Phi) is 4.84. The van der Waals surface area contributed by atoms with E-state index in [1.165, 1.54) is 23.7 Å². The van der Waals surface area contributed by atoms with Crippen molar-refractivity contribution in [2.45, 2.75) is 18.2 Å². The largest absolute Gasteiger partial charge is 0.384 e. The van der Waals surface area contributed by atoms with Crippen LogP contribution < -0.4 is 11.1 Å². The molecule has 8 heteroatoms. The van der Waals surface area contributed by atoms with Crippen LogP contribution in [-0.2, 0) is 9.67 Å². The molecule has 2 aromatic carbocycles. The summed E-state index contributed by atoms with van der Waals surface area (Å²) < 4.78 is 28.2. The summed E-state index contributed by atoms with van der Waals surface area (Å²) in [5, 5.41) is 9.54. The van der Waals surface area contributed by atoms with Crippen LogP contribution >= 0.6 is 11.8 Å². The number of anilines is 1. The maximum absolute atomic E-state index is 14.4. The molecule has 1 amide bonds. The molecule has 0 unspecified atom stereocenters. The number of amides is 1. The van der Waals surface area contributed by atoms with Crippen LogP contribution in [-0.4, -0.2) is 29.0 Å². The lowest BCUT2D eigenvalue weighted by atomic mass is 9.84. The Bertz CT molecular complexity index is 967. The standard InChI is InChI=1S/C20H20F2N4OS/c1-12(27)26-20(28-19(25-26)15-10-14(21)6-7-17(15)22)13(8-9-23)11-24-18-5-3-2-4-16(18)20/h2-7,10,13,24H,8-9,11,23H2,1H3/t13-,20-/m1/s1. The molecule has 28 heavy (non-hydrogen) atoms. The van der Waals surface area contributed by atoms with Crippen LogP contribution in [0.25, 0.3) is 0 Å². The number of nitrogens with zero attached hydrogens (tertiary/aromatic N) is 2. The first-order valence-electron chi connectivity index (χ1n) is 9.04. The highest BCUT2D eigenvalue weighted by Crippen LogP contribution is 2.56. The van der Waals surface area contributed by atoms with Gasteiger partial charge in [-0.2, -0.15) is 5.10 Å². The molecule has 146 valence electrons. The Morgan fingerprint density at radius 3 is 2.89 bits per heavy atom. The molecule has 0 saturated carbocycles. The van der Waals surface area contributed by atoms with Gasteiger partial charge in [-0.1, -0.05) is 30.0 Å². The Morgan fingerprint density at radius 1 is 1.36 bits per heavy atom. The topological polar surface area (TPSA) is 70.7 Å². The molecule has 4 rings (SSSR count). The van der Waals surface area contributed by atoms with Gasteiger partial charge in [0, 0.05) is 36.2 Å². The number of nitrogens with two attached hydrogens (primary N) is 1. The van der Waals surface area contributed by atoms with Crippen molar-refractivity contribution in [3.63, 3.8) is 0 Å². The van der Waals surface area contributed by atoms with Gasteiger partial charge in [0.15, 0.2) is 0 Å². The highest BCUT2D eigenvalue weighted by atomic mass is 32.2. The first-order valence-corrected chi connectivity index (χ1v) is 9.86. The summed E-state index contributed by atoms with van der Waals surface area (Å²) in [6, 6.07) is 10.9. The first kappa shape index (κ1) is 18.9. The number of carbonyl (C=O) groups excluding carboxylic acids is 1. The van der Waals surface area contributed by atoms with Crippen LogP contribution in [0.15, 0.2) is 47.6 Å². The summed E-state index contributed by atoms with van der Waals surface area (Å²) in [6.07, 6.45) is 0.645. The van der Waals surface area contributed by atoms with Gasteiger partial charge in [-0.3, -0.25) is 4.79 Å². The third-order valence-electron chi connectivity index (χ3n) is 5.14. The van der Waals surface area contributed by atoms with E-state index in [-0.39, 0.29) is 22.4 Å². The number of carbonyl (C=O) groups is 1. The van der Waals surface area contributed by atoms with E-state index in [0.717, 1.165) is 29.4 Å². The summed E-state index contributed by atoms with van der Waals surface area (Å²) in [5.41, 5.74) is 7.68. The smallest absolute Gasteiger partial charge is 0.241 e. The van der Waals surface area contributed by atoms with E-state index in [9.17, 15) is 13.6 Å². The maximum atomic E-state index is 14.4. The van der Waals surface area contributed by atoms with Gasteiger partial charge in [0.25, 0.3) is 0 Å². The molecule has 0 fully saturated rings. The molecule has 3 N–H and O–H groups in total. The van der Waals surface area contributed by atoms with E-state index in [0.29, 0.717) is 19.5 Å². The van der Waals surface area contributed by atoms with Crippen LogP contribution in [0.5, 0.6) is 0 Å². The number of thioether (sulfide) groups is 1. The summed E-state index contributed by atoms with van der Waals surface area (Å²) in [6.45, 7) is 2.46. The molecular formula is C20H20F2N4OS. The highest BCUT2D eigenvalue weighted by molar-refractivity contribution is 8.15. The van der Waals surface area contributed by atoms with Crippen molar-refractivity contribution >= 4 is 28.4 Å². The SMILES string of the molecule is CC(=O)N1N=C(c2cc(F)ccc2F)S[C@]12c1ccccc1NC[C@H]2CCN. The minimum absolute atomic E-state index is 0.0515. The lowest BCUT2D eigenvalue weighted by Gasteiger charge is -2.46. The molecule has 1 spiro atoms. The lowest BCUT2D eigenvalue weighted by Crippen LogP contribution is -2.51. The number of para-hydroxylation sites is 1. The fourth-order valence-electron chi connectivity index (χ4n) is 3.92. The summed E-state index contributed by atoms with van der Waals surface area (Å²) in [5.74, 6) is -1.46. The highest BCUT2D eigenvalue weighted by Gasteiger charge is 2.55. The van der Waals surface area contributed by atoms with Crippen LogP contribution in [0.4, 0.5) is 14.5 Å². The van der Waals surface area contributed by atoms with Gasteiger partial charge in [0.2, 0.25) is 5.91 Å². The molecule has 5 nitrogen and oxygen atoms in total. The number of hydrogen-bond donors (Lipinski definition) is 2. The van der Waals surface area contributed by atoms with E-state index < -0.39 is 16.5 Å². The number of nitrogens with one attached hydrogen (secondary N) is 1. The average Bonchev–Trinajstić information content (AvgIpc) is 3.08. The first-order chi connectivity index (χ1) is 13.5. The van der Waals surface area contributed by atoms with E-state index in [1.54, 1.807) is 0 Å². The summed E-state index contributed by atoms with van der Waals surface area (Å²) in [4.78, 5) is 11.7. The minimum atomic E-state index is -0.860. The van der Waals surface area contributed by atoms with Crippen molar-refractivity contribution in [3.8, 4) is 0 Å². The van der Waals surface area contributed by atoms with Gasteiger partial charge >= 0.3 is 0 Å². The quantitative estimate of drug-likeness (QED) is 0.825. The predicted molar refractivity (Wildman–Crippen MR) is 107 cm³/mol. The Labute approximate surface area is 166 Å². The molecule has 2 aliphatic heterocycles. The van der Waals surface area contributed by atoms with E-state index in [4.69, 9.17) is 5.73 Å². The van der Waals surface area contributed by atoms with Crippen LogP contribution in [0.3, 0.4) is 0 Å². The van der Waals surface area contributed by atoms with Crippen LogP contribution in [0, 0.1) is 17.6 Å². The molecule has 2 aliphatic rings. The zero-order chi connectivity index (χ0) is 19.9. The maximum Gasteiger partial charge on any atom is 0.241 e. The van der Waals surface area contributed by atoms with Gasteiger partial charge in [-0.25, -0.2) is 13.8 Å². The number of benzene rings is 2. The summed E-state index contributed by atoms with van der Waals surface area (Å²) >= 11 is 1.29. The van der Waals surface area contributed by atoms with Crippen molar-refractivity contribution in [1.29, 1.82) is 0 Å². The number of hydrazone groups is 1. The second kappa shape index (κ2) is 7.18. The Hall–Kier alpha value is -2.45. The molecule has 2 heterocycles. The average molecular weight is 402 g/mol. The summed E-state index contributed by atoms with van der Waals surface area (Å²) in [7, 11) is 0. The second-order valence-electron chi connectivity index (χ2n) is 6.86. The van der Waals surface area contributed by atoms with Gasteiger partial charge in [-0.05, 0) is 37.2 Å².